The first-order valence-corrected chi connectivity index (χ1v) is 3.94. The Morgan fingerprint density at radius 2 is 2.38 bits per heavy atom. The lowest BCUT2D eigenvalue weighted by Crippen LogP contribution is -2.00. The number of rotatable bonds is 3. The lowest BCUT2D eigenvalue weighted by atomic mass is 10.2. The van der Waals surface area contributed by atoms with Crippen LogP contribution in [0.5, 0.6) is 5.88 Å². The summed E-state index contributed by atoms with van der Waals surface area (Å²) in [6.07, 6.45) is 1.30. The van der Waals surface area contributed by atoms with Gasteiger partial charge >= 0.3 is 0 Å². The van der Waals surface area contributed by atoms with E-state index in [1.54, 1.807) is 6.92 Å². The second kappa shape index (κ2) is 3.98. The van der Waals surface area contributed by atoms with Gasteiger partial charge in [0.1, 0.15) is 0 Å². The van der Waals surface area contributed by atoms with E-state index in [1.165, 1.54) is 13.1 Å². The van der Waals surface area contributed by atoms with Crippen molar-refractivity contribution in [3.8, 4) is 5.88 Å². The van der Waals surface area contributed by atoms with E-state index in [2.05, 4.69) is 4.98 Å². The molecule has 0 amide bonds. The zero-order valence-electron chi connectivity index (χ0n) is 7.50. The van der Waals surface area contributed by atoms with Gasteiger partial charge in [0.05, 0.1) is 6.61 Å². The Morgan fingerprint density at radius 3 is 2.85 bits per heavy atom. The zero-order valence-corrected chi connectivity index (χ0v) is 7.50. The van der Waals surface area contributed by atoms with E-state index in [-0.39, 0.29) is 17.2 Å². The number of hydrogen-bond donors (Lipinski definition) is 0. The van der Waals surface area contributed by atoms with Crippen LogP contribution in [0.3, 0.4) is 0 Å². The van der Waals surface area contributed by atoms with E-state index >= 15 is 0 Å². The Kier molecular flexibility index (Phi) is 2.95. The van der Waals surface area contributed by atoms with Crippen molar-refractivity contribution < 1.29 is 13.9 Å². The van der Waals surface area contributed by atoms with Crippen LogP contribution in [0.4, 0.5) is 4.39 Å². The maximum absolute atomic E-state index is 13.1. The molecule has 1 aromatic heterocycles. The summed E-state index contributed by atoms with van der Waals surface area (Å²) in [7, 11) is 0. The number of hydrogen-bond acceptors (Lipinski definition) is 3. The number of pyridine rings is 1. The minimum Gasteiger partial charge on any atom is -0.476 e. The lowest BCUT2D eigenvalue weighted by molar-refractivity contribution is 0.101. The predicted octanol–water partition coefficient (Wildman–Crippen LogP) is 1.82. The van der Waals surface area contributed by atoms with E-state index in [1.807, 2.05) is 0 Å². The Hall–Kier alpha value is -1.45. The molecular weight excluding hydrogens is 173 g/mol. The van der Waals surface area contributed by atoms with Gasteiger partial charge < -0.3 is 4.74 Å². The largest absolute Gasteiger partial charge is 0.476 e. The van der Waals surface area contributed by atoms with Crippen molar-refractivity contribution in [2.24, 2.45) is 0 Å². The third-order valence-corrected chi connectivity index (χ3v) is 1.50. The van der Waals surface area contributed by atoms with E-state index in [4.69, 9.17) is 4.74 Å². The van der Waals surface area contributed by atoms with Gasteiger partial charge in [0.25, 0.3) is 0 Å². The molecule has 3 nitrogen and oxygen atoms in total. The van der Waals surface area contributed by atoms with Crippen molar-refractivity contribution >= 4 is 5.78 Å². The number of halogens is 1. The summed E-state index contributed by atoms with van der Waals surface area (Å²) in [5.41, 5.74) is 0.251. The van der Waals surface area contributed by atoms with E-state index < -0.39 is 5.82 Å². The number of aromatic nitrogens is 1. The van der Waals surface area contributed by atoms with Crippen LogP contribution in [0.2, 0.25) is 0 Å². The molecule has 70 valence electrons. The van der Waals surface area contributed by atoms with Crippen molar-refractivity contribution in [3.63, 3.8) is 0 Å². The fraction of sp³-hybridized carbons (Fsp3) is 0.333. The van der Waals surface area contributed by atoms with Crippen LogP contribution in [0.1, 0.15) is 24.2 Å². The van der Waals surface area contributed by atoms with Gasteiger partial charge in [0.2, 0.25) is 5.88 Å². The van der Waals surface area contributed by atoms with Crippen molar-refractivity contribution in [1.82, 2.24) is 4.98 Å². The van der Waals surface area contributed by atoms with E-state index in [0.29, 0.717) is 6.61 Å². The summed E-state index contributed by atoms with van der Waals surface area (Å²) in [4.78, 5) is 14.5. The molecule has 0 saturated carbocycles. The number of ketones is 1. The highest BCUT2D eigenvalue weighted by Gasteiger charge is 2.07. The molecule has 0 aromatic carbocycles. The molecule has 1 rings (SSSR count). The molecule has 0 saturated heterocycles. The molecule has 13 heavy (non-hydrogen) atoms. The summed E-state index contributed by atoms with van der Waals surface area (Å²) >= 11 is 0. The maximum Gasteiger partial charge on any atom is 0.250 e. The standard InChI is InChI=1S/C9H10FNO2/c1-3-13-9-8(10)4-7(5-11-9)6(2)12/h4-5H,3H2,1-2H3. The molecular formula is C9H10FNO2. The Bertz CT molecular complexity index is 325. The minimum atomic E-state index is -0.602. The first kappa shape index (κ1) is 9.64. The highest BCUT2D eigenvalue weighted by Crippen LogP contribution is 2.14. The monoisotopic (exact) mass is 183 g/mol. The molecule has 1 aromatic rings. The van der Waals surface area contributed by atoms with Gasteiger partial charge in [-0.2, -0.15) is 0 Å². The average molecular weight is 183 g/mol. The van der Waals surface area contributed by atoms with Gasteiger partial charge in [0, 0.05) is 11.8 Å². The van der Waals surface area contributed by atoms with Crippen LogP contribution in [-0.2, 0) is 0 Å². The van der Waals surface area contributed by atoms with Gasteiger partial charge in [0.15, 0.2) is 11.6 Å². The third kappa shape index (κ3) is 2.24. The normalized spacial score (nSPS) is 9.77. The second-order valence-electron chi connectivity index (χ2n) is 2.50. The van der Waals surface area contributed by atoms with Gasteiger partial charge in [-0.05, 0) is 19.9 Å². The number of Topliss-reactive ketones (excluding diaryl/α,β-unsaturated/α-hetero) is 1. The molecule has 4 heteroatoms. The van der Waals surface area contributed by atoms with Crippen molar-refractivity contribution in [2.45, 2.75) is 13.8 Å². The topological polar surface area (TPSA) is 39.2 Å². The summed E-state index contributed by atoms with van der Waals surface area (Å²) in [5, 5.41) is 0. The van der Waals surface area contributed by atoms with Crippen LogP contribution in [-0.4, -0.2) is 17.4 Å². The highest BCUT2D eigenvalue weighted by molar-refractivity contribution is 5.93. The average Bonchev–Trinajstić information content (AvgIpc) is 2.08. The molecule has 0 unspecified atom stereocenters. The minimum absolute atomic E-state index is 0.0625. The highest BCUT2D eigenvalue weighted by atomic mass is 19.1. The molecule has 0 bridgehead atoms. The van der Waals surface area contributed by atoms with E-state index in [0.717, 1.165) is 6.07 Å². The van der Waals surface area contributed by atoms with Crippen LogP contribution < -0.4 is 4.74 Å². The van der Waals surface area contributed by atoms with Gasteiger partial charge in [-0.1, -0.05) is 0 Å². The van der Waals surface area contributed by atoms with Crippen LogP contribution in [0, 0.1) is 5.82 Å². The Morgan fingerprint density at radius 1 is 1.69 bits per heavy atom. The molecule has 0 radical (unpaired) electrons. The first-order chi connectivity index (χ1) is 6.15. The van der Waals surface area contributed by atoms with Crippen LogP contribution in [0.25, 0.3) is 0 Å². The molecule has 0 fully saturated rings. The Balaban J connectivity index is 2.98. The van der Waals surface area contributed by atoms with Gasteiger partial charge in [-0.15, -0.1) is 0 Å². The molecule has 0 atom stereocenters. The molecule has 1 heterocycles. The smallest absolute Gasteiger partial charge is 0.250 e. The lowest BCUT2D eigenvalue weighted by Gasteiger charge is -2.03. The fourth-order valence-electron chi connectivity index (χ4n) is 0.861. The van der Waals surface area contributed by atoms with Gasteiger partial charge in [-0.3, -0.25) is 4.79 Å². The number of ether oxygens (including phenoxy) is 1. The van der Waals surface area contributed by atoms with Crippen LogP contribution >= 0.6 is 0 Å². The van der Waals surface area contributed by atoms with Crippen molar-refractivity contribution in [3.05, 3.63) is 23.6 Å². The molecule has 0 spiro atoms. The van der Waals surface area contributed by atoms with Crippen LogP contribution in [0.15, 0.2) is 12.3 Å². The fourth-order valence-corrected chi connectivity index (χ4v) is 0.861. The quantitative estimate of drug-likeness (QED) is 0.671. The molecule has 0 aliphatic heterocycles. The summed E-state index contributed by atoms with van der Waals surface area (Å²) in [6.45, 7) is 3.44. The molecule has 0 N–H and O–H groups in total. The number of carbonyl (C=O) groups is 1. The third-order valence-electron chi connectivity index (χ3n) is 1.50. The summed E-state index contributed by atoms with van der Waals surface area (Å²) in [6, 6.07) is 1.13. The summed E-state index contributed by atoms with van der Waals surface area (Å²) in [5.74, 6) is -0.878. The summed E-state index contributed by atoms with van der Waals surface area (Å²) < 4.78 is 17.9. The second-order valence-corrected chi connectivity index (χ2v) is 2.50. The van der Waals surface area contributed by atoms with Crippen molar-refractivity contribution in [1.29, 1.82) is 0 Å². The van der Waals surface area contributed by atoms with Gasteiger partial charge in [-0.25, -0.2) is 9.37 Å². The predicted molar refractivity (Wildman–Crippen MR) is 45.4 cm³/mol. The number of nitrogens with zero attached hydrogens (tertiary/aromatic N) is 1. The van der Waals surface area contributed by atoms with E-state index in [9.17, 15) is 9.18 Å². The first-order valence-electron chi connectivity index (χ1n) is 3.94. The Labute approximate surface area is 75.6 Å². The SMILES string of the molecule is CCOc1ncc(C(C)=O)cc1F. The molecule has 0 aliphatic rings. The maximum atomic E-state index is 13.1. The van der Waals surface area contributed by atoms with Crippen molar-refractivity contribution in [2.75, 3.05) is 6.61 Å². The zero-order chi connectivity index (χ0) is 9.84. The number of carbonyl (C=O) groups excluding carboxylic acids is 1. The molecule has 0 aliphatic carbocycles.